The van der Waals surface area contributed by atoms with Gasteiger partial charge >= 0.3 is 5.97 Å². The number of carboxylic acids is 1. The molecule has 2 unspecified atom stereocenters. The minimum Gasteiger partial charge on any atom is -0.515 e. The number of aliphatic imine (C=N–C) groups is 3. The Kier molecular flexibility index (Phi) is 7.82. The second-order valence-corrected chi connectivity index (χ2v) is 11.1. The topological polar surface area (TPSA) is 124 Å². The smallest absolute Gasteiger partial charge is 0.303 e. The zero-order chi connectivity index (χ0) is 30.3. The van der Waals surface area contributed by atoms with Crippen LogP contribution in [-0.2, 0) is 9.59 Å². The molecule has 8 nitrogen and oxygen atoms in total. The molecule has 5 heterocycles. The van der Waals surface area contributed by atoms with Gasteiger partial charge in [0.05, 0.1) is 40.5 Å². The van der Waals surface area contributed by atoms with Crippen LogP contribution in [-0.4, -0.2) is 39.6 Å². The van der Waals surface area contributed by atoms with E-state index in [1.807, 2.05) is 38.2 Å². The number of carbonyl (C=O) groups is 2. The number of aldehydes is 1. The lowest BCUT2D eigenvalue weighted by molar-refractivity contribution is -0.137. The summed E-state index contributed by atoms with van der Waals surface area (Å²) in [6, 6.07) is 0. The van der Waals surface area contributed by atoms with Gasteiger partial charge in [-0.1, -0.05) is 26.5 Å². The van der Waals surface area contributed by atoms with Gasteiger partial charge in [-0.05, 0) is 74.1 Å². The van der Waals surface area contributed by atoms with Gasteiger partial charge < -0.3 is 20.3 Å². The van der Waals surface area contributed by atoms with Gasteiger partial charge in [0.25, 0.3) is 0 Å². The third kappa shape index (κ3) is 4.81. The molecule has 8 heteroatoms. The van der Waals surface area contributed by atoms with Gasteiger partial charge in [-0.15, -0.1) is 0 Å². The largest absolute Gasteiger partial charge is 0.515 e. The number of carbonyl (C=O) groups excluding carboxylic acids is 1. The van der Waals surface area contributed by atoms with E-state index in [0.717, 1.165) is 81.0 Å². The predicted octanol–water partition coefficient (Wildman–Crippen LogP) is 6.52. The van der Waals surface area contributed by atoms with Crippen LogP contribution in [0.15, 0.2) is 120 Å². The molecular formula is C34H36N4O4. The second-order valence-electron chi connectivity index (χ2n) is 11.1. The van der Waals surface area contributed by atoms with Crippen LogP contribution in [0.1, 0.15) is 60.3 Å². The molecule has 0 aromatic carbocycles. The normalized spacial score (nSPS) is 24.5. The van der Waals surface area contributed by atoms with E-state index in [1.54, 1.807) is 0 Å². The standard InChI is InChI=1S/C34H36N4O4/c1-7-21-17(3)26-13-28-19(5)23(9-10-32(41)42)33(37-28)24(11-12-39)34-25(16-40)20(6)29(38-34)15-31-22(8-2)18(4)27(36-31)14-30(21)35-26/h7,12-16,19,23,37,40H,1,8-11H2,2-6H3,(H,41,42). The van der Waals surface area contributed by atoms with E-state index in [1.165, 1.54) is 0 Å². The molecule has 5 aliphatic heterocycles. The Morgan fingerprint density at radius 1 is 1.02 bits per heavy atom. The predicted molar refractivity (Wildman–Crippen MR) is 166 cm³/mol. The molecule has 0 spiro atoms. The molecule has 3 N–H and O–H groups in total. The SMILES string of the molecule is C=CC1=C(C)C2=NC1=CC1=NC(=CC3=C(C)C(=CO)C(=N3)C(CC=O)=C3NC(=C2)C(C)C3CCC(=O)O)C(CC)=C1C. The summed E-state index contributed by atoms with van der Waals surface area (Å²) in [5.74, 6) is -1.17. The molecule has 1 fully saturated rings. The zero-order valence-electron chi connectivity index (χ0n) is 24.7. The number of aliphatic carboxylic acids is 1. The Labute approximate surface area is 246 Å². The number of hydrogen-bond donors (Lipinski definition) is 3. The minimum absolute atomic E-state index is 0.0232. The molecule has 42 heavy (non-hydrogen) atoms. The molecule has 0 radical (unpaired) electrons. The summed E-state index contributed by atoms with van der Waals surface area (Å²) >= 11 is 0. The zero-order valence-corrected chi connectivity index (χ0v) is 24.7. The third-order valence-corrected chi connectivity index (χ3v) is 8.81. The van der Waals surface area contributed by atoms with Crippen LogP contribution < -0.4 is 5.32 Å². The van der Waals surface area contributed by atoms with Gasteiger partial charge in [0.1, 0.15) is 6.29 Å². The van der Waals surface area contributed by atoms with Crippen molar-refractivity contribution < 1.29 is 19.8 Å². The molecule has 5 aliphatic rings. The number of fused-ring (bicyclic) bond motifs is 5. The third-order valence-electron chi connectivity index (χ3n) is 8.81. The number of aliphatic hydroxyl groups is 1. The first kappa shape index (κ1) is 28.9. The van der Waals surface area contributed by atoms with Gasteiger partial charge in [0, 0.05) is 52.8 Å². The van der Waals surface area contributed by atoms with Gasteiger partial charge in [-0.3, -0.25) is 4.79 Å². The van der Waals surface area contributed by atoms with E-state index in [9.17, 15) is 19.8 Å². The highest BCUT2D eigenvalue weighted by molar-refractivity contribution is 6.19. The van der Waals surface area contributed by atoms with Crippen molar-refractivity contribution in [1.82, 2.24) is 5.32 Å². The van der Waals surface area contributed by atoms with Crippen molar-refractivity contribution >= 4 is 29.4 Å². The van der Waals surface area contributed by atoms with E-state index in [0.29, 0.717) is 29.0 Å². The lowest BCUT2D eigenvalue weighted by atomic mass is 9.84. The highest BCUT2D eigenvalue weighted by Crippen LogP contribution is 2.42. The van der Waals surface area contributed by atoms with Crippen molar-refractivity contribution in [2.75, 3.05) is 0 Å². The number of aliphatic hydroxyl groups excluding tert-OH is 1. The maximum absolute atomic E-state index is 12.1. The van der Waals surface area contributed by atoms with Gasteiger partial charge in [0.2, 0.25) is 0 Å². The first-order chi connectivity index (χ1) is 20.1. The molecule has 0 aromatic rings. The van der Waals surface area contributed by atoms with Gasteiger partial charge in [-0.25, -0.2) is 15.0 Å². The molecular weight excluding hydrogens is 528 g/mol. The van der Waals surface area contributed by atoms with E-state index < -0.39 is 5.97 Å². The van der Waals surface area contributed by atoms with E-state index in [4.69, 9.17) is 15.0 Å². The molecule has 1 saturated heterocycles. The summed E-state index contributed by atoms with van der Waals surface area (Å²) in [4.78, 5) is 38.6. The quantitative estimate of drug-likeness (QED) is 0.240. The highest BCUT2D eigenvalue weighted by atomic mass is 16.4. The van der Waals surface area contributed by atoms with Crippen molar-refractivity contribution in [3.8, 4) is 0 Å². The molecule has 5 rings (SSSR count). The Hall–Kier alpha value is -4.59. The molecule has 0 amide bonds. The van der Waals surface area contributed by atoms with Crippen LogP contribution in [0.25, 0.3) is 0 Å². The van der Waals surface area contributed by atoms with Crippen LogP contribution in [0.5, 0.6) is 0 Å². The van der Waals surface area contributed by atoms with Crippen molar-refractivity contribution in [2.24, 2.45) is 26.8 Å². The Morgan fingerprint density at radius 2 is 1.74 bits per heavy atom. The summed E-state index contributed by atoms with van der Waals surface area (Å²) in [5, 5.41) is 23.4. The van der Waals surface area contributed by atoms with E-state index in [2.05, 4.69) is 32.7 Å². The van der Waals surface area contributed by atoms with Crippen molar-refractivity contribution in [3.63, 3.8) is 0 Å². The Morgan fingerprint density at radius 3 is 2.38 bits per heavy atom. The minimum atomic E-state index is -0.884. The summed E-state index contributed by atoms with van der Waals surface area (Å²) in [6.07, 6.45) is 10.8. The van der Waals surface area contributed by atoms with Gasteiger partial charge in [-0.2, -0.15) is 0 Å². The van der Waals surface area contributed by atoms with Crippen LogP contribution in [0.2, 0.25) is 0 Å². The fourth-order valence-corrected chi connectivity index (χ4v) is 6.35. The van der Waals surface area contributed by atoms with Crippen LogP contribution in [0.4, 0.5) is 0 Å². The molecule has 0 saturated carbocycles. The average molecular weight is 565 g/mol. The number of carboxylic acid groups (broad SMARTS) is 1. The second kappa shape index (κ2) is 11.4. The van der Waals surface area contributed by atoms with Gasteiger partial charge in [0.15, 0.2) is 0 Å². The Bertz CT molecular complexity index is 1660. The van der Waals surface area contributed by atoms with Crippen molar-refractivity contribution in [1.29, 1.82) is 0 Å². The lowest BCUT2D eigenvalue weighted by Gasteiger charge is -2.18. The maximum Gasteiger partial charge on any atom is 0.303 e. The van der Waals surface area contributed by atoms with Crippen molar-refractivity contribution in [3.05, 3.63) is 105 Å². The van der Waals surface area contributed by atoms with Crippen LogP contribution >= 0.6 is 0 Å². The lowest BCUT2D eigenvalue weighted by Crippen LogP contribution is -2.18. The fraction of sp³-hybridized carbons (Fsp3) is 0.324. The van der Waals surface area contributed by atoms with Crippen LogP contribution in [0, 0.1) is 11.8 Å². The summed E-state index contributed by atoms with van der Waals surface area (Å²) in [5.41, 5.74) is 12.0. The number of nitrogens with one attached hydrogen (secondary N) is 1. The maximum atomic E-state index is 12.1. The first-order valence-electron chi connectivity index (χ1n) is 14.3. The number of allylic oxidation sites excluding steroid dienone is 12. The number of hydrogen-bond acceptors (Lipinski definition) is 7. The molecule has 0 aromatic heterocycles. The van der Waals surface area contributed by atoms with Crippen molar-refractivity contribution in [2.45, 2.75) is 60.3 Å². The fourth-order valence-electron chi connectivity index (χ4n) is 6.35. The number of rotatable bonds is 7. The first-order valence-corrected chi connectivity index (χ1v) is 14.3. The summed E-state index contributed by atoms with van der Waals surface area (Å²) in [6.45, 7) is 14.2. The van der Waals surface area contributed by atoms with Crippen LogP contribution in [0.3, 0.4) is 0 Å². The highest BCUT2D eigenvalue weighted by Gasteiger charge is 2.38. The average Bonchev–Trinajstić information content (AvgIpc) is 3.63. The number of nitrogens with zero attached hydrogens (tertiary/aromatic N) is 3. The van der Waals surface area contributed by atoms with E-state index >= 15 is 0 Å². The monoisotopic (exact) mass is 564 g/mol. The molecule has 2 atom stereocenters. The summed E-state index contributed by atoms with van der Waals surface area (Å²) < 4.78 is 0. The van der Waals surface area contributed by atoms with E-state index in [-0.39, 0.29) is 24.7 Å². The summed E-state index contributed by atoms with van der Waals surface area (Å²) in [7, 11) is 0. The molecule has 216 valence electrons. The molecule has 0 aliphatic carbocycles. The Balaban J connectivity index is 1.83. The molecule has 8 bridgehead atoms.